The van der Waals surface area contributed by atoms with Crippen molar-refractivity contribution in [2.75, 3.05) is 19.5 Å². The fourth-order valence-corrected chi connectivity index (χ4v) is 2.18. The van der Waals surface area contributed by atoms with Gasteiger partial charge in [-0.05, 0) is 31.0 Å². The molecule has 5 nitrogen and oxygen atoms in total. The number of nitrogens with two attached hydrogens (primary N) is 1. The summed E-state index contributed by atoms with van der Waals surface area (Å²) in [5, 5.41) is 0.727. The number of methoxy groups -OCH3 is 1. The lowest BCUT2D eigenvalue weighted by Crippen LogP contribution is -2.06. The lowest BCUT2D eigenvalue weighted by Gasteiger charge is -2.07. The maximum Gasteiger partial charge on any atom is 0.342 e. The summed E-state index contributed by atoms with van der Waals surface area (Å²) in [6, 6.07) is 3.78. The zero-order valence-corrected chi connectivity index (χ0v) is 11.4. The van der Waals surface area contributed by atoms with Crippen LogP contribution < -0.4 is 10.5 Å². The Morgan fingerprint density at radius 1 is 1.37 bits per heavy atom. The predicted octanol–water partition coefficient (Wildman–Crippen LogP) is 2.50. The maximum absolute atomic E-state index is 11.9. The summed E-state index contributed by atoms with van der Waals surface area (Å²) >= 11 is 0. The predicted molar refractivity (Wildman–Crippen MR) is 74.6 cm³/mol. The smallest absolute Gasteiger partial charge is 0.342 e. The SMILES string of the molecule is CCOC(=O)c1c(N)[nH]c2cc(CC)c(OC)cc12. The molecule has 0 bridgehead atoms. The van der Waals surface area contributed by atoms with Crippen molar-refractivity contribution in [2.24, 2.45) is 0 Å². The first-order valence-corrected chi connectivity index (χ1v) is 6.27. The van der Waals surface area contributed by atoms with Gasteiger partial charge in [-0.3, -0.25) is 0 Å². The van der Waals surface area contributed by atoms with Gasteiger partial charge in [0.25, 0.3) is 0 Å². The van der Waals surface area contributed by atoms with Crippen molar-refractivity contribution in [1.82, 2.24) is 4.98 Å². The third-order valence-electron chi connectivity index (χ3n) is 3.09. The van der Waals surface area contributed by atoms with E-state index in [0.717, 1.165) is 28.6 Å². The molecular formula is C14H18N2O3. The number of aromatic amines is 1. The zero-order valence-electron chi connectivity index (χ0n) is 11.4. The number of esters is 1. The maximum atomic E-state index is 11.9. The van der Waals surface area contributed by atoms with Crippen molar-refractivity contribution in [3.05, 3.63) is 23.3 Å². The summed E-state index contributed by atoms with van der Waals surface area (Å²) in [5.74, 6) is 0.654. The highest BCUT2D eigenvalue weighted by Gasteiger charge is 2.19. The first kappa shape index (κ1) is 13.3. The number of aromatic nitrogens is 1. The number of rotatable bonds is 4. The lowest BCUT2D eigenvalue weighted by atomic mass is 10.1. The summed E-state index contributed by atoms with van der Waals surface area (Å²) in [5.41, 5.74) is 8.12. The first-order valence-electron chi connectivity index (χ1n) is 6.27. The second-order valence-corrected chi connectivity index (χ2v) is 4.20. The van der Waals surface area contributed by atoms with E-state index in [-0.39, 0.29) is 0 Å². The summed E-state index contributed by atoms with van der Waals surface area (Å²) in [6.07, 6.45) is 0.840. The average molecular weight is 262 g/mol. The third-order valence-corrected chi connectivity index (χ3v) is 3.09. The molecule has 0 aliphatic heterocycles. The summed E-state index contributed by atoms with van der Waals surface area (Å²) in [7, 11) is 1.61. The van der Waals surface area contributed by atoms with E-state index in [1.807, 2.05) is 19.1 Å². The van der Waals surface area contributed by atoms with Crippen molar-refractivity contribution in [2.45, 2.75) is 20.3 Å². The van der Waals surface area contributed by atoms with Crippen molar-refractivity contribution in [1.29, 1.82) is 0 Å². The van der Waals surface area contributed by atoms with E-state index in [9.17, 15) is 4.79 Å². The fraction of sp³-hybridized carbons (Fsp3) is 0.357. The van der Waals surface area contributed by atoms with Gasteiger partial charge >= 0.3 is 5.97 Å². The molecule has 0 amide bonds. The van der Waals surface area contributed by atoms with Gasteiger partial charge in [-0.1, -0.05) is 6.92 Å². The molecule has 0 atom stereocenters. The number of aryl methyl sites for hydroxylation is 1. The highest BCUT2D eigenvalue weighted by molar-refractivity contribution is 6.09. The van der Waals surface area contributed by atoms with Crippen LogP contribution >= 0.6 is 0 Å². The molecule has 0 aliphatic rings. The van der Waals surface area contributed by atoms with Crippen molar-refractivity contribution in [3.63, 3.8) is 0 Å². The van der Waals surface area contributed by atoms with Crippen LogP contribution in [0.1, 0.15) is 29.8 Å². The van der Waals surface area contributed by atoms with Gasteiger partial charge < -0.3 is 20.2 Å². The molecular weight excluding hydrogens is 244 g/mol. The zero-order chi connectivity index (χ0) is 14.0. The van der Waals surface area contributed by atoms with E-state index in [4.69, 9.17) is 15.2 Å². The summed E-state index contributed by atoms with van der Waals surface area (Å²) < 4.78 is 10.4. The number of carbonyl (C=O) groups is 1. The normalized spacial score (nSPS) is 10.7. The van der Waals surface area contributed by atoms with Crippen LogP contribution in [0.15, 0.2) is 12.1 Å². The molecule has 19 heavy (non-hydrogen) atoms. The van der Waals surface area contributed by atoms with Crippen LogP contribution in [0, 0.1) is 0 Å². The van der Waals surface area contributed by atoms with Crippen molar-refractivity contribution >= 4 is 22.7 Å². The molecule has 0 saturated heterocycles. The van der Waals surface area contributed by atoms with E-state index in [2.05, 4.69) is 4.98 Å². The van der Waals surface area contributed by atoms with E-state index >= 15 is 0 Å². The Hall–Kier alpha value is -2.17. The van der Waals surface area contributed by atoms with E-state index in [0.29, 0.717) is 18.0 Å². The van der Waals surface area contributed by atoms with Crippen LogP contribution in [0.3, 0.4) is 0 Å². The number of fused-ring (bicyclic) bond motifs is 1. The molecule has 0 radical (unpaired) electrons. The van der Waals surface area contributed by atoms with Gasteiger partial charge in [-0.15, -0.1) is 0 Å². The largest absolute Gasteiger partial charge is 0.496 e. The molecule has 0 fully saturated rings. The number of nitrogen functional groups attached to an aromatic ring is 1. The molecule has 1 aromatic heterocycles. The first-order chi connectivity index (χ1) is 9.12. The van der Waals surface area contributed by atoms with Gasteiger partial charge in [-0.2, -0.15) is 0 Å². The van der Waals surface area contributed by atoms with Gasteiger partial charge in [0, 0.05) is 10.9 Å². The van der Waals surface area contributed by atoms with E-state index in [1.54, 1.807) is 14.0 Å². The second-order valence-electron chi connectivity index (χ2n) is 4.20. The molecule has 1 aromatic carbocycles. The topological polar surface area (TPSA) is 77.3 Å². The standard InChI is InChI=1S/C14H18N2O3/c1-4-8-6-10-9(7-11(8)18-3)12(13(15)16-10)14(17)19-5-2/h6-7,16H,4-5,15H2,1-3H3. The molecule has 0 unspecified atom stereocenters. The van der Waals surface area contributed by atoms with Crippen LogP contribution in [0.2, 0.25) is 0 Å². The summed E-state index contributed by atoms with van der Waals surface area (Å²) in [6.45, 7) is 4.12. The number of ether oxygens (including phenoxy) is 2. The fourth-order valence-electron chi connectivity index (χ4n) is 2.18. The van der Waals surface area contributed by atoms with E-state index in [1.165, 1.54) is 0 Å². The quantitative estimate of drug-likeness (QED) is 0.830. The Balaban J connectivity index is 2.65. The molecule has 2 aromatic rings. The number of benzene rings is 1. The van der Waals surface area contributed by atoms with Crippen LogP contribution in [0.5, 0.6) is 5.75 Å². The second kappa shape index (κ2) is 5.22. The molecule has 3 N–H and O–H groups in total. The number of hydrogen-bond acceptors (Lipinski definition) is 4. The van der Waals surface area contributed by atoms with E-state index < -0.39 is 5.97 Å². The summed E-state index contributed by atoms with van der Waals surface area (Å²) in [4.78, 5) is 14.9. The number of nitrogens with one attached hydrogen (secondary N) is 1. The van der Waals surface area contributed by atoms with Gasteiger partial charge in [0.1, 0.15) is 17.1 Å². The monoisotopic (exact) mass is 262 g/mol. The minimum Gasteiger partial charge on any atom is -0.496 e. The van der Waals surface area contributed by atoms with Gasteiger partial charge in [0.05, 0.1) is 13.7 Å². The van der Waals surface area contributed by atoms with Gasteiger partial charge in [-0.25, -0.2) is 4.79 Å². The number of anilines is 1. The van der Waals surface area contributed by atoms with Crippen LogP contribution in [0.25, 0.3) is 10.9 Å². The number of hydrogen-bond donors (Lipinski definition) is 2. The molecule has 5 heteroatoms. The highest BCUT2D eigenvalue weighted by Crippen LogP contribution is 2.31. The van der Waals surface area contributed by atoms with Gasteiger partial charge in [0.2, 0.25) is 0 Å². The number of carbonyl (C=O) groups excluding carboxylic acids is 1. The Morgan fingerprint density at radius 2 is 2.11 bits per heavy atom. The van der Waals surface area contributed by atoms with Crippen molar-refractivity contribution < 1.29 is 14.3 Å². The minimum atomic E-state index is -0.419. The Labute approximate surface area is 111 Å². The molecule has 0 saturated carbocycles. The minimum absolute atomic E-state index is 0.315. The molecule has 0 spiro atoms. The third kappa shape index (κ3) is 2.23. The average Bonchev–Trinajstić information content (AvgIpc) is 2.72. The highest BCUT2D eigenvalue weighted by atomic mass is 16.5. The van der Waals surface area contributed by atoms with Crippen molar-refractivity contribution in [3.8, 4) is 5.75 Å². The molecule has 102 valence electrons. The lowest BCUT2D eigenvalue weighted by molar-refractivity contribution is 0.0530. The molecule has 0 aliphatic carbocycles. The molecule has 2 rings (SSSR count). The van der Waals surface area contributed by atoms with Gasteiger partial charge in [0.15, 0.2) is 0 Å². The Bertz CT molecular complexity index is 617. The number of H-pyrrole nitrogens is 1. The van der Waals surface area contributed by atoms with Crippen LogP contribution in [0.4, 0.5) is 5.82 Å². The Kier molecular flexibility index (Phi) is 3.64. The van der Waals surface area contributed by atoms with Crippen LogP contribution in [-0.4, -0.2) is 24.7 Å². The van der Waals surface area contributed by atoms with Crippen LogP contribution in [-0.2, 0) is 11.2 Å². The molecule has 1 heterocycles. The Morgan fingerprint density at radius 3 is 2.68 bits per heavy atom.